The Bertz CT molecular complexity index is 250. The summed E-state index contributed by atoms with van der Waals surface area (Å²) in [6.45, 7) is 0. The second kappa shape index (κ2) is 9.66. The summed E-state index contributed by atoms with van der Waals surface area (Å²) in [4.78, 5) is 40.5. The molecule has 0 unspecified atom stereocenters. The molecule has 4 amide bonds. The first-order valence-electron chi connectivity index (χ1n) is 4.23. The van der Waals surface area contributed by atoms with Crippen LogP contribution in [0.1, 0.15) is 25.7 Å². The average molecular weight is 345 g/mol. The molecule has 0 aromatic carbocycles. The van der Waals surface area contributed by atoms with E-state index in [2.05, 4.69) is 10.6 Å². The molecule has 2 N–H and O–H groups in total. The number of amides is 4. The van der Waals surface area contributed by atoms with Crippen molar-refractivity contribution in [2.45, 2.75) is 25.7 Å². The predicted molar refractivity (Wildman–Crippen MR) is 50.5 cm³/mol. The van der Waals surface area contributed by atoms with Crippen molar-refractivity contribution < 1.29 is 41.6 Å². The smallest absolute Gasteiger partial charge is 0.227 e. The van der Waals surface area contributed by atoms with Gasteiger partial charge < -0.3 is 0 Å². The molecule has 2 aliphatic rings. The number of imide groups is 2. The molecule has 0 atom stereocenters. The Morgan fingerprint density at radius 1 is 0.625 bits per heavy atom. The van der Waals surface area contributed by atoms with Gasteiger partial charge in [0.2, 0.25) is 23.6 Å². The number of carbonyl (C=O) groups excluding carboxylic acids is 4. The van der Waals surface area contributed by atoms with Gasteiger partial charge in [-0.05, 0) is 0 Å². The van der Waals surface area contributed by atoms with Crippen LogP contribution in [-0.4, -0.2) is 75.0 Å². The van der Waals surface area contributed by atoms with E-state index < -0.39 is 0 Å². The Morgan fingerprint density at radius 3 is 0.875 bits per heavy atom. The van der Waals surface area contributed by atoms with Crippen LogP contribution in [0, 0.1) is 0 Å². The molecule has 16 heavy (non-hydrogen) atoms. The molecular formula is C8H10AgKN2O4. The monoisotopic (exact) mass is 344 g/mol. The fourth-order valence-corrected chi connectivity index (χ4v) is 1.02. The molecule has 0 aromatic heterocycles. The van der Waals surface area contributed by atoms with Gasteiger partial charge in [0.1, 0.15) is 0 Å². The zero-order valence-corrected chi connectivity index (χ0v) is 13.4. The minimum atomic E-state index is -0.148. The molecule has 0 spiro atoms. The van der Waals surface area contributed by atoms with Crippen molar-refractivity contribution in [2.24, 2.45) is 0 Å². The van der Waals surface area contributed by atoms with Gasteiger partial charge in [-0.3, -0.25) is 29.8 Å². The average Bonchev–Trinajstić information content (AvgIpc) is 2.63. The van der Waals surface area contributed by atoms with Crippen LogP contribution in [0.3, 0.4) is 0 Å². The zero-order chi connectivity index (χ0) is 10.6. The topological polar surface area (TPSA) is 92.3 Å². The Balaban J connectivity index is 0. The predicted octanol–water partition coefficient (Wildman–Crippen LogP) is -1.54. The Hall–Kier alpha value is 0.657. The van der Waals surface area contributed by atoms with Gasteiger partial charge in [0.25, 0.3) is 0 Å². The number of hydrogen-bond donors (Lipinski definition) is 2. The molecule has 2 rings (SSSR count). The van der Waals surface area contributed by atoms with Crippen molar-refractivity contribution in [2.75, 3.05) is 0 Å². The molecule has 8 heteroatoms. The molecule has 0 saturated carbocycles. The molecule has 0 bridgehead atoms. The van der Waals surface area contributed by atoms with Crippen molar-refractivity contribution in [3.63, 3.8) is 0 Å². The van der Waals surface area contributed by atoms with E-state index in [9.17, 15) is 19.2 Å². The minimum absolute atomic E-state index is 0. The Kier molecular flexibility index (Phi) is 11.5. The fraction of sp³-hybridized carbons (Fsp3) is 0.500. The first-order chi connectivity index (χ1) is 6.58. The van der Waals surface area contributed by atoms with E-state index in [-0.39, 0.29) is 97.4 Å². The fourth-order valence-electron chi connectivity index (χ4n) is 1.02. The van der Waals surface area contributed by atoms with Gasteiger partial charge in [-0.25, -0.2) is 0 Å². The van der Waals surface area contributed by atoms with E-state index in [1.54, 1.807) is 0 Å². The minimum Gasteiger partial charge on any atom is -0.296 e. The summed E-state index contributed by atoms with van der Waals surface area (Å²) >= 11 is 0. The van der Waals surface area contributed by atoms with E-state index in [4.69, 9.17) is 0 Å². The van der Waals surface area contributed by atoms with Crippen LogP contribution in [0.5, 0.6) is 0 Å². The largest absolute Gasteiger partial charge is 0.296 e. The quantitative estimate of drug-likeness (QED) is 0.411. The zero-order valence-electron chi connectivity index (χ0n) is 8.76. The maximum absolute atomic E-state index is 10.1. The van der Waals surface area contributed by atoms with Crippen LogP contribution < -0.4 is 10.6 Å². The first kappa shape index (κ1) is 19.0. The van der Waals surface area contributed by atoms with Gasteiger partial charge in [-0.15, -0.1) is 0 Å². The van der Waals surface area contributed by atoms with Gasteiger partial charge in [0, 0.05) is 99.4 Å². The molecular weight excluding hydrogens is 335 g/mol. The van der Waals surface area contributed by atoms with Crippen molar-refractivity contribution in [1.29, 1.82) is 0 Å². The van der Waals surface area contributed by atoms with E-state index in [1.165, 1.54) is 0 Å². The third kappa shape index (κ3) is 7.85. The van der Waals surface area contributed by atoms with Crippen molar-refractivity contribution in [3.8, 4) is 0 Å². The molecule has 2 saturated heterocycles. The van der Waals surface area contributed by atoms with Crippen LogP contribution in [0.15, 0.2) is 0 Å². The molecule has 6 nitrogen and oxygen atoms in total. The van der Waals surface area contributed by atoms with Gasteiger partial charge in [0.05, 0.1) is 0 Å². The van der Waals surface area contributed by atoms with Gasteiger partial charge in [-0.1, -0.05) is 0 Å². The molecule has 2 radical (unpaired) electrons. The summed E-state index contributed by atoms with van der Waals surface area (Å²) in [5, 5.41) is 4.28. The molecule has 2 heterocycles. The van der Waals surface area contributed by atoms with Crippen LogP contribution >= 0.6 is 0 Å². The van der Waals surface area contributed by atoms with E-state index >= 15 is 0 Å². The standard InChI is InChI=1S/2C4H5NO2.Ag.K/c2*6-3-1-2-4(7)5-3;;/h2*1-2H2,(H,5,6,7);;. The summed E-state index contributed by atoms with van der Waals surface area (Å²) in [5.74, 6) is -0.593. The van der Waals surface area contributed by atoms with Gasteiger partial charge in [0.15, 0.2) is 0 Å². The third-order valence-corrected chi connectivity index (χ3v) is 1.72. The first-order valence-corrected chi connectivity index (χ1v) is 4.23. The maximum atomic E-state index is 10.1. The molecule has 88 valence electrons. The molecule has 2 aliphatic heterocycles. The van der Waals surface area contributed by atoms with Crippen molar-refractivity contribution in [1.82, 2.24) is 10.6 Å². The summed E-state index contributed by atoms with van der Waals surface area (Å²) in [6, 6.07) is 0. The summed E-state index contributed by atoms with van der Waals surface area (Å²) in [7, 11) is 0. The number of nitrogens with one attached hydrogen (secondary N) is 2. The maximum Gasteiger partial charge on any atom is 0.227 e. The second-order valence-corrected chi connectivity index (χ2v) is 2.94. The number of hydrogen-bond acceptors (Lipinski definition) is 4. The van der Waals surface area contributed by atoms with E-state index in [1.807, 2.05) is 0 Å². The second-order valence-electron chi connectivity index (χ2n) is 2.94. The van der Waals surface area contributed by atoms with E-state index in [0.717, 1.165) is 0 Å². The molecule has 0 aliphatic carbocycles. The van der Waals surface area contributed by atoms with Gasteiger partial charge in [-0.2, -0.15) is 0 Å². The van der Waals surface area contributed by atoms with Crippen LogP contribution in [0.25, 0.3) is 0 Å². The summed E-state index contributed by atoms with van der Waals surface area (Å²) < 4.78 is 0. The van der Waals surface area contributed by atoms with Crippen LogP contribution in [-0.2, 0) is 41.6 Å². The van der Waals surface area contributed by atoms with Crippen LogP contribution in [0.4, 0.5) is 0 Å². The van der Waals surface area contributed by atoms with Crippen LogP contribution in [0.2, 0.25) is 0 Å². The van der Waals surface area contributed by atoms with Crippen molar-refractivity contribution >= 4 is 75.0 Å². The van der Waals surface area contributed by atoms with Crippen molar-refractivity contribution in [3.05, 3.63) is 0 Å². The molecule has 2 fully saturated rings. The van der Waals surface area contributed by atoms with E-state index in [0.29, 0.717) is 25.7 Å². The normalized spacial score (nSPS) is 17.5. The summed E-state index contributed by atoms with van der Waals surface area (Å²) in [5.41, 5.74) is 0. The SMILES string of the molecule is O=C1CCC(=O)N1.O=C1CCC(=O)N1.[Ag].[K]. The number of carbonyl (C=O) groups is 4. The summed E-state index contributed by atoms with van der Waals surface area (Å²) in [6.07, 6.45) is 1.50. The molecule has 0 aromatic rings. The Labute approximate surface area is 151 Å². The number of rotatable bonds is 0. The Morgan fingerprint density at radius 2 is 0.812 bits per heavy atom. The van der Waals surface area contributed by atoms with Gasteiger partial charge >= 0.3 is 0 Å². The third-order valence-electron chi connectivity index (χ3n) is 1.72.